The molecule has 4 rings (SSSR count). The van der Waals surface area contributed by atoms with Crippen molar-refractivity contribution in [1.29, 1.82) is 0 Å². The summed E-state index contributed by atoms with van der Waals surface area (Å²) < 4.78 is 1.78. The lowest BCUT2D eigenvalue weighted by Gasteiger charge is -2.35. The topological polar surface area (TPSA) is 53.4 Å². The van der Waals surface area contributed by atoms with Crippen LogP contribution in [0.5, 0.6) is 0 Å². The molecule has 0 radical (unpaired) electrons. The van der Waals surface area contributed by atoms with E-state index in [1.165, 1.54) is 5.56 Å². The summed E-state index contributed by atoms with van der Waals surface area (Å²) in [5, 5.41) is 8.31. The Morgan fingerprint density at radius 1 is 1.00 bits per heavy atom. The predicted octanol–water partition coefficient (Wildman–Crippen LogP) is 3.90. The number of nitrogens with one attached hydrogen (secondary N) is 1. The third kappa shape index (κ3) is 4.83. The largest absolute Gasteiger partial charge is 0.369 e. The van der Waals surface area contributed by atoms with Gasteiger partial charge in [0.25, 0.3) is 0 Å². The molecule has 30 heavy (non-hydrogen) atoms. The van der Waals surface area contributed by atoms with Gasteiger partial charge < -0.3 is 10.2 Å². The number of carbonyl (C=O) groups excluding carboxylic acids is 1. The SMILES string of the molecule is Cc1ccc(-n2nc(C)cc2NC(=O)CN2CCN(c3cccc(Cl)c3)CC2)cc1. The Balaban J connectivity index is 1.35. The summed E-state index contributed by atoms with van der Waals surface area (Å²) in [4.78, 5) is 17.2. The van der Waals surface area contributed by atoms with E-state index in [-0.39, 0.29) is 5.91 Å². The first-order valence-electron chi connectivity index (χ1n) is 10.1. The molecule has 1 aliphatic heterocycles. The van der Waals surface area contributed by atoms with Crippen molar-refractivity contribution in [3.8, 4) is 5.69 Å². The van der Waals surface area contributed by atoms with Gasteiger partial charge >= 0.3 is 0 Å². The fourth-order valence-corrected chi connectivity index (χ4v) is 3.88. The lowest BCUT2D eigenvalue weighted by molar-refractivity contribution is -0.117. The highest BCUT2D eigenvalue weighted by atomic mass is 35.5. The first-order chi connectivity index (χ1) is 14.5. The van der Waals surface area contributed by atoms with Gasteiger partial charge in [0, 0.05) is 43.0 Å². The molecule has 0 unspecified atom stereocenters. The number of amides is 1. The van der Waals surface area contributed by atoms with Crippen molar-refractivity contribution >= 4 is 29.0 Å². The Morgan fingerprint density at radius 2 is 1.73 bits per heavy atom. The fourth-order valence-electron chi connectivity index (χ4n) is 3.69. The van der Waals surface area contributed by atoms with Crippen LogP contribution in [0.15, 0.2) is 54.6 Å². The third-order valence-corrected chi connectivity index (χ3v) is 5.53. The van der Waals surface area contributed by atoms with Gasteiger partial charge in [0.05, 0.1) is 17.9 Å². The second-order valence-corrected chi connectivity index (χ2v) is 8.15. The number of hydrogen-bond acceptors (Lipinski definition) is 4. The second kappa shape index (κ2) is 8.90. The molecule has 7 heteroatoms. The molecule has 1 aromatic heterocycles. The number of anilines is 2. The number of halogens is 1. The van der Waals surface area contributed by atoms with E-state index in [2.05, 4.69) is 26.3 Å². The van der Waals surface area contributed by atoms with E-state index in [4.69, 9.17) is 11.6 Å². The molecule has 1 amide bonds. The van der Waals surface area contributed by atoms with Crippen LogP contribution in [0.4, 0.5) is 11.5 Å². The second-order valence-electron chi connectivity index (χ2n) is 7.71. The summed E-state index contributed by atoms with van der Waals surface area (Å²) >= 11 is 6.11. The van der Waals surface area contributed by atoms with Gasteiger partial charge in [-0.15, -0.1) is 0 Å². The van der Waals surface area contributed by atoms with Crippen molar-refractivity contribution in [1.82, 2.24) is 14.7 Å². The third-order valence-electron chi connectivity index (χ3n) is 5.29. The van der Waals surface area contributed by atoms with Gasteiger partial charge in [-0.25, -0.2) is 4.68 Å². The Morgan fingerprint density at radius 3 is 2.43 bits per heavy atom. The molecule has 0 aliphatic carbocycles. The molecule has 2 heterocycles. The zero-order valence-corrected chi connectivity index (χ0v) is 18.1. The molecule has 1 N–H and O–H groups in total. The number of piperazine rings is 1. The number of benzene rings is 2. The lowest BCUT2D eigenvalue weighted by atomic mass is 10.2. The Kier molecular flexibility index (Phi) is 6.06. The average molecular weight is 424 g/mol. The van der Waals surface area contributed by atoms with E-state index in [9.17, 15) is 4.79 Å². The number of hydrogen-bond donors (Lipinski definition) is 1. The van der Waals surface area contributed by atoms with Crippen molar-refractivity contribution in [3.63, 3.8) is 0 Å². The number of rotatable bonds is 5. The summed E-state index contributed by atoms with van der Waals surface area (Å²) in [7, 11) is 0. The van der Waals surface area contributed by atoms with Crippen molar-refractivity contribution in [2.45, 2.75) is 13.8 Å². The van der Waals surface area contributed by atoms with Crippen molar-refractivity contribution in [2.75, 3.05) is 42.9 Å². The van der Waals surface area contributed by atoms with Crippen molar-refractivity contribution in [3.05, 3.63) is 70.9 Å². The Bertz CT molecular complexity index is 1020. The van der Waals surface area contributed by atoms with Gasteiger partial charge in [0.15, 0.2) is 0 Å². The molecule has 1 aliphatic rings. The summed E-state index contributed by atoms with van der Waals surface area (Å²) in [6, 6.07) is 17.9. The van der Waals surface area contributed by atoms with Crippen LogP contribution in [0.1, 0.15) is 11.3 Å². The maximum atomic E-state index is 12.7. The van der Waals surface area contributed by atoms with E-state index < -0.39 is 0 Å². The Labute approximate surface area is 182 Å². The number of aromatic nitrogens is 2. The maximum absolute atomic E-state index is 12.7. The molecule has 2 aromatic carbocycles. The van der Waals surface area contributed by atoms with E-state index >= 15 is 0 Å². The standard InChI is InChI=1S/C23H26ClN5O/c1-17-6-8-20(9-7-17)29-22(14-18(2)26-29)25-23(30)16-27-10-12-28(13-11-27)21-5-3-4-19(24)15-21/h3-9,14-15H,10-13,16H2,1-2H3,(H,25,30). The summed E-state index contributed by atoms with van der Waals surface area (Å²) in [6.45, 7) is 7.73. The van der Waals surface area contributed by atoms with Gasteiger partial charge in [-0.05, 0) is 44.2 Å². The minimum atomic E-state index is -0.0283. The smallest absolute Gasteiger partial charge is 0.239 e. The fraction of sp³-hybridized carbons (Fsp3) is 0.304. The molecule has 0 bridgehead atoms. The normalized spacial score (nSPS) is 14.7. The van der Waals surface area contributed by atoms with Gasteiger partial charge in [-0.2, -0.15) is 5.10 Å². The monoisotopic (exact) mass is 423 g/mol. The minimum Gasteiger partial charge on any atom is -0.369 e. The molecular weight excluding hydrogens is 398 g/mol. The molecular formula is C23H26ClN5O. The molecule has 3 aromatic rings. The summed E-state index contributed by atoms with van der Waals surface area (Å²) in [5.74, 6) is 0.665. The van der Waals surface area contributed by atoms with Crippen molar-refractivity contribution < 1.29 is 4.79 Å². The van der Waals surface area contributed by atoms with Crippen LogP contribution in [0.3, 0.4) is 0 Å². The highest BCUT2D eigenvalue weighted by Crippen LogP contribution is 2.21. The van der Waals surface area contributed by atoms with Crippen LogP contribution in [0, 0.1) is 13.8 Å². The van der Waals surface area contributed by atoms with Gasteiger partial charge in [-0.1, -0.05) is 35.4 Å². The van der Waals surface area contributed by atoms with Crippen LogP contribution < -0.4 is 10.2 Å². The minimum absolute atomic E-state index is 0.0283. The van der Waals surface area contributed by atoms with Crippen LogP contribution in [0.2, 0.25) is 5.02 Å². The quantitative estimate of drug-likeness (QED) is 0.676. The molecule has 0 spiro atoms. The van der Waals surface area contributed by atoms with E-state index in [1.807, 2.05) is 62.4 Å². The van der Waals surface area contributed by atoms with E-state index in [1.54, 1.807) is 4.68 Å². The highest BCUT2D eigenvalue weighted by Gasteiger charge is 2.20. The lowest BCUT2D eigenvalue weighted by Crippen LogP contribution is -2.48. The van der Waals surface area contributed by atoms with E-state index in [0.29, 0.717) is 12.4 Å². The highest BCUT2D eigenvalue weighted by molar-refractivity contribution is 6.30. The first-order valence-corrected chi connectivity index (χ1v) is 10.5. The van der Waals surface area contributed by atoms with Crippen LogP contribution in [-0.4, -0.2) is 53.3 Å². The molecule has 1 fully saturated rings. The average Bonchev–Trinajstić information content (AvgIpc) is 3.09. The Hall–Kier alpha value is -2.83. The molecule has 0 saturated carbocycles. The molecule has 0 atom stereocenters. The van der Waals surface area contributed by atoms with Gasteiger partial charge in [0.1, 0.15) is 5.82 Å². The predicted molar refractivity (Wildman–Crippen MR) is 122 cm³/mol. The first kappa shape index (κ1) is 20.4. The molecule has 1 saturated heterocycles. The van der Waals surface area contributed by atoms with E-state index in [0.717, 1.165) is 48.3 Å². The zero-order valence-electron chi connectivity index (χ0n) is 17.3. The number of carbonyl (C=O) groups is 1. The van der Waals surface area contributed by atoms with Crippen LogP contribution >= 0.6 is 11.6 Å². The summed E-state index contributed by atoms with van der Waals surface area (Å²) in [6.07, 6.45) is 0. The summed E-state index contributed by atoms with van der Waals surface area (Å²) in [5.41, 5.74) is 4.11. The van der Waals surface area contributed by atoms with Gasteiger partial charge in [-0.3, -0.25) is 9.69 Å². The van der Waals surface area contributed by atoms with Crippen LogP contribution in [0.25, 0.3) is 5.69 Å². The number of aryl methyl sites for hydroxylation is 2. The van der Waals surface area contributed by atoms with Crippen molar-refractivity contribution in [2.24, 2.45) is 0 Å². The molecule has 6 nitrogen and oxygen atoms in total. The maximum Gasteiger partial charge on any atom is 0.239 e. The zero-order chi connectivity index (χ0) is 21.1. The number of nitrogens with zero attached hydrogens (tertiary/aromatic N) is 4. The van der Waals surface area contributed by atoms with Crippen LogP contribution in [-0.2, 0) is 4.79 Å². The van der Waals surface area contributed by atoms with Gasteiger partial charge in [0.2, 0.25) is 5.91 Å². The molecule has 156 valence electrons.